The predicted molar refractivity (Wildman–Crippen MR) is 115 cm³/mol. The van der Waals surface area contributed by atoms with E-state index in [1.165, 1.54) is 7.11 Å². The lowest BCUT2D eigenvalue weighted by Gasteiger charge is -2.19. The number of methoxy groups -OCH3 is 1. The van der Waals surface area contributed by atoms with Crippen molar-refractivity contribution < 1.29 is 22.7 Å². The quantitative estimate of drug-likeness (QED) is 0.656. The van der Waals surface area contributed by atoms with Crippen molar-refractivity contribution in [3.8, 4) is 5.75 Å². The lowest BCUT2D eigenvalue weighted by molar-refractivity contribution is -0.117. The zero-order valence-electron chi connectivity index (χ0n) is 15.9. The Hall–Kier alpha value is -2.39. The summed E-state index contributed by atoms with van der Waals surface area (Å²) in [6, 6.07) is 11.8. The standard InChI is InChI=1S/C20H21BrN2O5S/c1-28-18-11-16(7-8-17(18)23-9-3-6-20(23)25)22-19(24)13-29(26,27)12-14-4-2-5-15(21)10-14/h2,4-5,7-8,10-11H,3,6,9,12-13H2,1H3,(H,22,24). The topological polar surface area (TPSA) is 92.8 Å². The van der Waals surface area contributed by atoms with Gasteiger partial charge in [0.25, 0.3) is 0 Å². The van der Waals surface area contributed by atoms with Gasteiger partial charge in [-0.2, -0.15) is 0 Å². The van der Waals surface area contributed by atoms with Crippen molar-refractivity contribution in [3.05, 3.63) is 52.5 Å². The third-order valence-electron chi connectivity index (χ3n) is 4.45. The molecule has 1 aliphatic heterocycles. The van der Waals surface area contributed by atoms with Gasteiger partial charge in [-0.3, -0.25) is 9.59 Å². The molecule has 1 N–H and O–H groups in total. The minimum Gasteiger partial charge on any atom is -0.494 e. The molecular weight excluding hydrogens is 460 g/mol. The van der Waals surface area contributed by atoms with Crippen LogP contribution in [0.15, 0.2) is 46.9 Å². The molecule has 1 saturated heterocycles. The van der Waals surface area contributed by atoms with Crippen molar-refractivity contribution >= 4 is 49.0 Å². The molecule has 0 bridgehead atoms. The van der Waals surface area contributed by atoms with Gasteiger partial charge in [0.2, 0.25) is 11.8 Å². The second-order valence-electron chi connectivity index (χ2n) is 6.75. The second-order valence-corrected chi connectivity index (χ2v) is 9.73. The molecule has 2 amide bonds. The third kappa shape index (κ3) is 5.57. The summed E-state index contributed by atoms with van der Waals surface area (Å²) in [5.74, 6) is -1.02. The lowest BCUT2D eigenvalue weighted by atomic mass is 10.2. The minimum atomic E-state index is -3.63. The van der Waals surface area contributed by atoms with E-state index in [0.717, 1.165) is 10.9 Å². The van der Waals surface area contributed by atoms with Crippen LogP contribution in [-0.4, -0.2) is 39.6 Å². The zero-order chi connectivity index (χ0) is 21.0. The van der Waals surface area contributed by atoms with Gasteiger partial charge in [-0.1, -0.05) is 28.1 Å². The first kappa shape index (κ1) is 21.3. The average molecular weight is 481 g/mol. The molecule has 0 unspecified atom stereocenters. The predicted octanol–water partition coefficient (Wildman–Crippen LogP) is 3.14. The van der Waals surface area contributed by atoms with Gasteiger partial charge in [-0.25, -0.2) is 8.42 Å². The molecule has 0 radical (unpaired) electrons. The molecule has 0 aliphatic carbocycles. The van der Waals surface area contributed by atoms with Crippen molar-refractivity contribution in [2.24, 2.45) is 0 Å². The van der Waals surface area contributed by atoms with Crippen molar-refractivity contribution in [1.29, 1.82) is 0 Å². The van der Waals surface area contributed by atoms with Gasteiger partial charge in [0.05, 0.1) is 18.6 Å². The largest absolute Gasteiger partial charge is 0.494 e. The summed E-state index contributed by atoms with van der Waals surface area (Å²) in [5, 5.41) is 2.59. The SMILES string of the molecule is COc1cc(NC(=O)CS(=O)(=O)Cc2cccc(Br)c2)ccc1N1CCCC1=O. The molecule has 154 valence electrons. The number of benzene rings is 2. The highest BCUT2D eigenvalue weighted by molar-refractivity contribution is 9.10. The smallest absolute Gasteiger partial charge is 0.239 e. The van der Waals surface area contributed by atoms with E-state index in [4.69, 9.17) is 4.74 Å². The molecular formula is C20H21BrN2O5S. The molecule has 0 atom stereocenters. The number of carbonyl (C=O) groups is 2. The molecule has 2 aromatic rings. The number of sulfone groups is 1. The molecule has 9 heteroatoms. The number of halogens is 1. The highest BCUT2D eigenvalue weighted by Crippen LogP contribution is 2.33. The zero-order valence-corrected chi connectivity index (χ0v) is 18.3. The first-order chi connectivity index (χ1) is 13.8. The summed E-state index contributed by atoms with van der Waals surface area (Å²) in [4.78, 5) is 25.9. The number of carbonyl (C=O) groups excluding carboxylic acids is 2. The van der Waals surface area contributed by atoms with Crippen LogP contribution in [0, 0.1) is 0 Å². The number of rotatable bonds is 7. The third-order valence-corrected chi connectivity index (χ3v) is 6.42. The van der Waals surface area contributed by atoms with Gasteiger partial charge in [0, 0.05) is 29.2 Å². The van der Waals surface area contributed by atoms with Crippen LogP contribution in [-0.2, 0) is 25.2 Å². The molecule has 2 aromatic carbocycles. The van der Waals surface area contributed by atoms with Gasteiger partial charge in [-0.15, -0.1) is 0 Å². The Bertz CT molecular complexity index is 1040. The Morgan fingerprint density at radius 2 is 2.03 bits per heavy atom. The Labute approximate surface area is 178 Å². The van der Waals surface area contributed by atoms with Crippen LogP contribution >= 0.6 is 15.9 Å². The minimum absolute atomic E-state index is 0.0266. The summed E-state index contributed by atoms with van der Waals surface area (Å²) in [5.41, 5.74) is 1.64. The number of amides is 2. The van der Waals surface area contributed by atoms with Crippen molar-refractivity contribution in [1.82, 2.24) is 0 Å². The summed E-state index contributed by atoms with van der Waals surface area (Å²) in [7, 11) is -2.15. The van der Waals surface area contributed by atoms with Gasteiger partial charge in [0.1, 0.15) is 11.5 Å². The Morgan fingerprint density at radius 3 is 2.69 bits per heavy atom. The van der Waals surface area contributed by atoms with Gasteiger partial charge in [-0.05, 0) is 36.2 Å². The number of hydrogen-bond donors (Lipinski definition) is 1. The maximum atomic E-state index is 12.4. The second kappa shape index (κ2) is 8.96. The van der Waals surface area contributed by atoms with Crippen LogP contribution in [0.3, 0.4) is 0 Å². The van der Waals surface area contributed by atoms with E-state index < -0.39 is 21.5 Å². The van der Waals surface area contributed by atoms with E-state index in [0.29, 0.717) is 35.7 Å². The maximum Gasteiger partial charge on any atom is 0.239 e. The van der Waals surface area contributed by atoms with Crippen LogP contribution in [0.1, 0.15) is 18.4 Å². The highest BCUT2D eigenvalue weighted by Gasteiger charge is 2.25. The number of anilines is 2. The van der Waals surface area contributed by atoms with Crippen LogP contribution in [0.25, 0.3) is 0 Å². The molecule has 0 aromatic heterocycles. The van der Waals surface area contributed by atoms with Gasteiger partial charge < -0.3 is 15.0 Å². The molecule has 1 fully saturated rings. The lowest BCUT2D eigenvalue weighted by Crippen LogP contribution is -2.25. The maximum absolute atomic E-state index is 12.4. The number of nitrogens with zero attached hydrogens (tertiary/aromatic N) is 1. The van der Waals surface area contributed by atoms with E-state index in [1.54, 1.807) is 47.4 Å². The molecule has 0 spiro atoms. The average Bonchev–Trinajstić information content (AvgIpc) is 3.06. The van der Waals surface area contributed by atoms with Crippen molar-refractivity contribution in [2.75, 3.05) is 29.6 Å². The molecule has 3 rings (SSSR count). The molecule has 7 nitrogen and oxygen atoms in total. The summed E-state index contributed by atoms with van der Waals surface area (Å²) >= 11 is 3.30. The molecule has 0 saturated carbocycles. The summed E-state index contributed by atoms with van der Waals surface area (Å²) in [6.07, 6.45) is 1.29. The number of ether oxygens (including phenoxy) is 1. The van der Waals surface area contributed by atoms with E-state index >= 15 is 0 Å². The fourth-order valence-electron chi connectivity index (χ4n) is 3.21. The first-order valence-corrected chi connectivity index (χ1v) is 11.6. The van der Waals surface area contributed by atoms with E-state index in [9.17, 15) is 18.0 Å². The van der Waals surface area contributed by atoms with Gasteiger partial charge >= 0.3 is 0 Å². The first-order valence-electron chi connectivity index (χ1n) is 9.00. The van der Waals surface area contributed by atoms with E-state index in [2.05, 4.69) is 21.2 Å². The molecule has 1 heterocycles. The fraction of sp³-hybridized carbons (Fsp3) is 0.300. The summed E-state index contributed by atoms with van der Waals surface area (Å²) < 4.78 is 30.8. The number of hydrogen-bond acceptors (Lipinski definition) is 5. The Kier molecular flexibility index (Phi) is 6.59. The Morgan fingerprint density at radius 1 is 1.24 bits per heavy atom. The molecule has 1 aliphatic rings. The van der Waals surface area contributed by atoms with Crippen LogP contribution in [0.5, 0.6) is 5.75 Å². The van der Waals surface area contributed by atoms with E-state index in [1.807, 2.05) is 0 Å². The summed E-state index contributed by atoms with van der Waals surface area (Å²) in [6.45, 7) is 0.620. The monoisotopic (exact) mass is 480 g/mol. The van der Waals surface area contributed by atoms with Gasteiger partial charge in [0.15, 0.2) is 9.84 Å². The van der Waals surface area contributed by atoms with E-state index in [-0.39, 0.29) is 11.7 Å². The molecule has 29 heavy (non-hydrogen) atoms. The van der Waals surface area contributed by atoms with Crippen molar-refractivity contribution in [2.45, 2.75) is 18.6 Å². The van der Waals surface area contributed by atoms with Crippen LogP contribution in [0.4, 0.5) is 11.4 Å². The normalized spacial score (nSPS) is 14.1. The van der Waals surface area contributed by atoms with Crippen LogP contribution in [0.2, 0.25) is 0 Å². The highest BCUT2D eigenvalue weighted by atomic mass is 79.9. The fourth-order valence-corrected chi connectivity index (χ4v) is 4.92. The van der Waals surface area contributed by atoms with Crippen LogP contribution < -0.4 is 15.0 Å². The Balaban J connectivity index is 1.67. The number of nitrogens with one attached hydrogen (secondary N) is 1. The van der Waals surface area contributed by atoms with Crippen molar-refractivity contribution in [3.63, 3.8) is 0 Å².